The molecule has 0 spiro atoms. The highest BCUT2D eigenvalue weighted by Gasteiger charge is 2.11. The molecular weight excluding hydrogens is 280 g/mol. The second-order valence-electron chi connectivity index (χ2n) is 5.85. The maximum absolute atomic E-state index is 11.3. The van der Waals surface area contributed by atoms with Crippen molar-refractivity contribution in [1.29, 1.82) is 0 Å². The van der Waals surface area contributed by atoms with Gasteiger partial charge in [-0.05, 0) is 26.8 Å². The van der Waals surface area contributed by atoms with Gasteiger partial charge in [0.2, 0.25) is 5.91 Å². The van der Waals surface area contributed by atoms with E-state index < -0.39 is 0 Å². The lowest BCUT2D eigenvalue weighted by Gasteiger charge is -2.20. The highest BCUT2D eigenvalue weighted by molar-refractivity contribution is 5.92. The molecule has 0 aliphatic carbocycles. The van der Waals surface area contributed by atoms with Crippen molar-refractivity contribution in [3.63, 3.8) is 0 Å². The van der Waals surface area contributed by atoms with Crippen LogP contribution in [0.2, 0.25) is 0 Å². The zero-order valence-corrected chi connectivity index (χ0v) is 14.0. The van der Waals surface area contributed by atoms with Gasteiger partial charge in [0.15, 0.2) is 0 Å². The highest BCUT2D eigenvalue weighted by atomic mass is 16.1. The molecule has 0 saturated carbocycles. The standard InChI is InChI=1S/C17H30N2O3/c1-15(2)17(22)18-10-11-19(3)13-16(14-21)9-7-5-4-6-8-12-20/h12,14,16H,1,4-11,13H2,2-3H3,(H,18,22). The summed E-state index contributed by atoms with van der Waals surface area (Å²) in [6.07, 6.45) is 7.57. The average Bonchev–Trinajstić information content (AvgIpc) is 2.49. The molecule has 5 heteroatoms. The quantitative estimate of drug-likeness (QED) is 0.303. The van der Waals surface area contributed by atoms with Crippen molar-refractivity contribution in [2.24, 2.45) is 5.92 Å². The van der Waals surface area contributed by atoms with Gasteiger partial charge in [0.05, 0.1) is 0 Å². The average molecular weight is 310 g/mol. The van der Waals surface area contributed by atoms with E-state index in [4.69, 9.17) is 0 Å². The smallest absolute Gasteiger partial charge is 0.246 e. The fraction of sp³-hybridized carbons (Fsp3) is 0.706. The molecule has 126 valence electrons. The molecule has 0 saturated heterocycles. The van der Waals surface area contributed by atoms with Crippen LogP contribution in [-0.2, 0) is 14.4 Å². The summed E-state index contributed by atoms with van der Waals surface area (Å²) in [4.78, 5) is 34.7. The molecule has 0 rings (SSSR count). The Hall–Kier alpha value is -1.49. The van der Waals surface area contributed by atoms with Crippen molar-refractivity contribution in [2.75, 3.05) is 26.7 Å². The van der Waals surface area contributed by atoms with Crippen LogP contribution < -0.4 is 5.32 Å². The number of amides is 1. The minimum Gasteiger partial charge on any atom is -0.351 e. The molecule has 0 bridgehead atoms. The number of aldehydes is 2. The Kier molecular flexibility index (Phi) is 12.3. The monoisotopic (exact) mass is 310 g/mol. The Balaban J connectivity index is 3.76. The minimum atomic E-state index is -0.129. The van der Waals surface area contributed by atoms with Crippen LogP contribution in [0.3, 0.4) is 0 Å². The summed E-state index contributed by atoms with van der Waals surface area (Å²) in [5.74, 6) is -0.0939. The van der Waals surface area contributed by atoms with Crippen LogP contribution in [0.1, 0.15) is 45.4 Å². The third-order valence-electron chi connectivity index (χ3n) is 3.55. The van der Waals surface area contributed by atoms with E-state index in [9.17, 15) is 14.4 Å². The van der Waals surface area contributed by atoms with Crippen LogP contribution >= 0.6 is 0 Å². The molecule has 0 heterocycles. The number of carbonyl (C=O) groups is 3. The SMILES string of the molecule is C=C(C)C(=O)NCCN(C)CC(C=O)CCCCCCC=O. The minimum absolute atomic E-state index is 0.0351. The summed E-state index contributed by atoms with van der Waals surface area (Å²) in [5.41, 5.74) is 0.503. The van der Waals surface area contributed by atoms with Crippen LogP contribution in [0, 0.1) is 5.92 Å². The Morgan fingerprint density at radius 2 is 1.91 bits per heavy atom. The summed E-state index contributed by atoms with van der Waals surface area (Å²) < 4.78 is 0. The number of hydrogen-bond acceptors (Lipinski definition) is 4. The fourth-order valence-electron chi connectivity index (χ4n) is 2.19. The number of nitrogens with zero attached hydrogens (tertiary/aromatic N) is 1. The molecule has 0 aromatic carbocycles. The van der Waals surface area contributed by atoms with Crippen LogP contribution in [0.4, 0.5) is 0 Å². The molecule has 0 fully saturated rings. The molecule has 0 aliphatic heterocycles. The summed E-state index contributed by atoms with van der Waals surface area (Å²) in [7, 11) is 1.95. The van der Waals surface area contributed by atoms with Crippen molar-refractivity contribution < 1.29 is 14.4 Å². The van der Waals surface area contributed by atoms with Crippen molar-refractivity contribution in [1.82, 2.24) is 10.2 Å². The van der Waals surface area contributed by atoms with Gasteiger partial charge < -0.3 is 19.8 Å². The van der Waals surface area contributed by atoms with E-state index in [1.165, 1.54) is 0 Å². The normalized spacial score (nSPS) is 12.0. The first-order valence-corrected chi connectivity index (χ1v) is 8.02. The van der Waals surface area contributed by atoms with E-state index >= 15 is 0 Å². The van der Waals surface area contributed by atoms with Gasteiger partial charge >= 0.3 is 0 Å². The molecule has 0 aromatic rings. The predicted molar refractivity (Wildman–Crippen MR) is 88.6 cm³/mol. The largest absolute Gasteiger partial charge is 0.351 e. The van der Waals surface area contributed by atoms with Crippen molar-refractivity contribution in [3.8, 4) is 0 Å². The van der Waals surface area contributed by atoms with E-state index in [0.29, 0.717) is 31.6 Å². The zero-order chi connectivity index (χ0) is 16.8. The first-order valence-electron chi connectivity index (χ1n) is 8.02. The Morgan fingerprint density at radius 3 is 2.50 bits per heavy atom. The lowest BCUT2D eigenvalue weighted by Crippen LogP contribution is -2.35. The van der Waals surface area contributed by atoms with Crippen LogP contribution in [0.5, 0.6) is 0 Å². The molecule has 0 aromatic heterocycles. The lowest BCUT2D eigenvalue weighted by atomic mass is 10.0. The second-order valence-corrected chi connectivity index (χ2v) is 5.85. The second kappa shape index (κ2) is 13.2. The maximum atomic E-state index is 11.3. The van der Waals surface area contributed by atoms with E-state index in [2.05, 4.69) is 16.8 Å². The number of likely N-dealkylation sites (N-methyl/N-ethyl adjacent to an activating group) is 1. The Labute approximate surface area is 134 Å². The molecule has 0 aliphatic rings. The number of nitrogens with one attached hydrogen (secondary N) is 1. The van der Waals surface area contributed by atoms with Gasteiger partial charge in [-0.1, -0.05) is 25.8 Å². The molecule has 1 amide bonds. The molecule has 5 nitrogen and oxygen atoms in total. The lowest BCUT2D eigenvalue weighted by molar-refractivity contribution is -0.117. The van der Waals surface area contributed by atoms with Gasteiger partial charge in [0.25, 0.3) is 0 Å². The number of hydrogen-bond donors (Lipinski definition) is 1. The zero-order valence-electron chi connectivity index (χ0n) is 14.0. The number of carbonyl (C=O) groups excluding carboxylic acids is 3. The molecule has 0 radical (unpaired) electrons. The summed E-state index contributed by atoms with van der Waals surface area (Å²) in [6.45, 7) is 7.24. The summed E-state index contributed by atoms with van der Waals surface area (Å²) in [6, 6.07) is 0. The van der Waals surface area contributed by atoms with Gasteiger partial charge in [-0.3, -0.25) is 4.79 Å². The van der Waals surface area contributed by atoms with Crippen LogP contribution in [0.25, 0.3) is 0 Å². The molecule has 1 atom stereocenters. The third-order valence-corrected chi connectivity index (χ3v) is 3.55. The topological polar surface area (TPSA) is 66.5 Å². The van der Waals surface area contributed by atoms with Gasteiger partial charge in [0, 0.05) is 37.5 Å². The predicted octanol–water partition coefficient (Wildman–Crippen LogP) is 1.97. The molecule has 1 unspecified atom stereocenters. The number of unbranched alkanes of at least 4 members (excludes halogenated alkanes) is 4. The Bertz CT molecular complexity index is 356. The molecule has 1 N–H and O–H groups in total. The van der Waals surface area contributed by atoms with E-state index in [-0.39, 0.29) is 11.8 Å². The van der Waals surface area contributed by atoms with Crippen molar-refractivity contribution in [2.45, 2.75) is 45.4 Å². The van der Waals surface area contributed by atoms with Crippen molar-refractivity contribution >= 4 is 18.5 Å². The fourth-order valence-corrected chi connectivity index (χ4v) is 2.19. The van der Waals surface area contributed by atoms with Gasteiger partial charge in [-0.15, -0.1) is 0 Å². The molecular formula is C17H30N2O3. The van der Waals surface area contributed by atoms with Crippen molar-refractivity contribution in [3.05, 3.63) is 12.2 Å². The molecule has 22 heavy (non-hydrogen) atoms. The van der Waals surface area contributed by atoms with Gasteiger partial charge in [-0.2, -0.15) is 0 Å². The number of rotatable bonds is 14. The van der Waals surface area contributed by atoms with Crippen LogP contribution in [0.15, 0.2) is 12.2 Å². The van der Waals surface area contributed by atoms with E-state index in [1.807, 2.05) is 7.05 Å². The van der Waals surface area contributed by atoms with Gasteiger partial charge in [-0.25, -0.2) is 0 Å². The highest BCUT2D eigenvalue weighted by Crippen LogP contribution is 2.11. The van der Waals surface area contributed by atoms with E-state index in [1.54, 1.807) is 6.92 Å². The first-order chi connectivity index (χ1) is 10.5. The van der Waals surface area contributed by atoms with E-state index in [0.717, 1.165) is 44.7 Å². The third kappa shape index (κ3) is 11.2. The first kappa shape index (κ1) is 20.5. The maximum Gasteiger partial charge on any atom is 0.246 e. The Morgan fingerprint density at radius 1 is 1.23 bits per heavy atom. The summed E-state index contributed by atoms with van der Waals surface area (Å²) >= 11 is 0. The summed E-state index contributed by atoms with van der Waals surface area (Å²) in [5, 5.41) is 2.78. The van der Waals surface area contributed by atoms with Crippen LogP contribution in [-0.4, -0.2) is 50.1 Å². The van der Waals surface area contributed by atoms with Gasteiger partial charge in [0.1, 0.15) is 12.6 Å².